The topological polar surface area (TPSA) is 69.6 Å². The highest BCUT2D eigenvalue weighted by Gasteiger charge is 2.13. The lowest BCUT2D eigenvalue weighted by atomic mass is 10.4. The van der Waals surface area contributed by atoms with Gasteiger partial charge in [0.15, 0.2) is 22.6 Å². The van der Waals surface area contributed by atoms with E-state index in [9.17, 15) is 8.78 Å². The zero-order valence-electron chi connectivity index (χ0n) is 8.19. The number of nitrogen functional groups attached to an aromatic ring is 1. The summed E-state index contributed by atoms with van der Waals surface area (Å²) in [5.41, 5.74) is 5.25. The lowest BCUT2D eigenvalue weighted by Crippen LogP contribution is -2.00. The Kier molecular flexibility index (Phi) is 2.73. The van der Waals surface area contributed by atoms with Crippen LogP contribution in [-0.4, -0.2) is 19.7 Å². The molecule has 0 saturated carbocycles. The summed E-state index contributed by atoms with van der Waals surface area (Å²) in [5, 5.41) is 4.22. The van der Waals surface area contributed by atoms with Gasteiger partial charge in [-0.2, -0.15) is 5.10 Å². The SMILES string of the molecule is Cn1ncnc1Sc1nc(N)c(F)cc1F. The maximum atomic E-state index is 13.3. The fourth-order valence-corrected chi connectivity index (χ4v) is 1.75. The molecular weight excluding hydrogens is 236 g/mol. The summed E-state index contributed by atoms with van der Waals surface area (Å²) in [6.07, 6.45) is 1.33. The fourth-order valence-electron chi connectivity index (χ4n) is 0.999. The molecule has 0 radical (unpaired) electrons. The van der Waals surface area contributed by atoms with E-state index in [1.54, 1.807) is 7.05 Å². The smallest absolute Gasteiger partial charge is 0.192 e. The lowest BCUT2D eigenvalue weighted by Gasteiger charge is -2.03. The van der Waals surface area contributed by atoms with Crippen LogP contribution in [0.2, 0.25) is 0 Å². The second-order valence-electron chi connectivity index (χ2n) is 2.91. The van der Waals surface area contributed by atoms with Crippen LogP contribution >= 0.6 is 11.8 Å². The van der Waals surface area contributed by atoms with Gasteiger partial charge in [0.2, 0.25) is 0 Å². The number of rotatable bonds is 2. The minimum absolute atomic E-state index is 0.0324. The van der Waals surface area contributed by atoms with Crippen molar-refractivity contribution in [2.24, 2.45) is 7.05 Å². The highest BCUT2D eigenvalue weighted by atomic mass is 32.2. The Bertz CT molecular complexity index is 527. The molecule has 0 aliphatic rings. The van der Waals surface area contributed by atoms with Gasteiger partial charge in [0, 0.05) is 13.1 Å². The van der Waals surface area contributed by atoms with Crippen LogP contribution < -0.4 is 5.73 Å². The third-order valence-electron chi connectivity index (χ3n) is 1.78. The Labute approximate surface area is 93.7 Å². The van der Waals surface area contributed by atoms with Gasteiger partial charge in [0.05, 0.1) is 0 Å². The van der Waals surface area contributed by atoms with Gasteiger partial charge >= 0.3 is 0 Å². The maximum Gasteiger partial charge on any atom is 0.192 e. The van der Waals surface area contributed by atoms with E-state index in [1.807, 2.05) is 0 Å². The van der Waals surface area contributed by atoms with E-state index < -0.39 is 11.6 Å². The van der Waals surface area contributed by atoms with Gasteiger partial charge in [-0.1, -0.05) is 0 Å². The Morgan fingerprint density at radius 1 is 1.38 bits per heavy atom. The van der Waals surface area contributed by atoms with Crippen LogP contribution in [0.1, 0.15) is 0 Å². The molecule has 5 nitrogen and oxygen atoms in total. The molecule has 0 amide bonds. The third kappa shape index (κ3) is 1.96. The number of pyridine rings is 1. The monoisotopic (exact) mass is 243 g/mol. The standard InChI is InChI=1S/C8H7F2N5S/c1-15-8(12-3-13-15)16-7-5(10)2-4(9)6(11)14-7/h2-3H,1H3,(H2,11,14). The van der Waals surface area contributed by atoms with Gasteiger partial charge in [0.25, 0.3) is 0 Å². The molecule has 0 atom stereocenters. The van der Waals surface area contributed by atoms with Crippen molar-refractivity contribution < 1.29 is 8.78 Å². The van der Waals surface area contributed by atoms with Crippen LogP contribution in [0, 0.1) is 11.6 Å². The molecule has 0 saturated heterocycles. The van der Waals surface area contributed by atoms with E-state index >= 15 is 0 Å². The van der Waals surface area contributed by atoms with E-state index in [4.69, 9.17) is 5.73 Å². The number of hydrogen-bond donors (Lipinski definition) is 1. The van der Waals surface area contributed by atoms with E-state index in [0.29, 0.717) is 11.2 Å². The molecule has 2 heterocycles. The Hall–Kier alpha value is -1.70. The minimum atomic E-state index is -0.875. The molecule has 2 N–H and O–H groups in total. The molecule has 0 bridgehead atoms. The fraction of sp³-hybridized carbons (Fsp3) is 0.125. The van der Waals surface area contributed by atoms with E-state index in [-0.39, 0.29) is 10.8 Å². The Morgan fingerprint density at radius 2 is 2.12 bits per heavy atom. The average Bonchev–Trinajstić information content (AvgIpc) is 2.61. The average molecular weight is 243 g/mol. The van der Waals surface area contributed by atoms with Crippen LogP contribution in [0.15, 0.2) is 22.6 Å². The van der Waals surface area contributed by atoms with Crippen LogP contribution in [0.5, 0.6) is 0 Å². The molecule has 0 aliphatic heterocycles. The number of aromatic nitrogens is 4. The molecule has 0 aromatic carbocycles. The van der Waals surface area contributed by atoms with Crippen molar-refractivity contribution in [1.29, 1.82) is 0 Å². The van der Waals surface area contributed by atoms with Crippen molar-refractivity contribution in [1.82, 2.24) is 19.7 Å². The summed E-state index contributed by atoms with van der Waals surface area (Å²) in [7, 11) is 1.65. The van der Waals surface area contributed by atoms with Crippen LogP contribution in [0.25, 0.3) is 0 Å². The zero-order valence-corrected chi connectivity index (χ0v) is 9.00. The number of anilines is 1. The highest BCUT2D eigenvalue weighted by molar-refractivity contribution is 7.99. The molecular formula is C8H7F2N5S. The second-order valence-corrected chi connectivity index (χ2v) is 3.87. The molecule has 84 valence electrons. The van der Waals surface area contributed by atoms with E-state index in [1.165, 1.54) is 11.0 Å². The van der Waals surface area contributed by atoms with Gasteiger partial charge in [-0.05, 0) is 11.8 Å². The molecule has 0 unspecified atom stereocenters. The Morgan fingerprint density at radius 3 is 2.75 bits per heavy atom. The van der Waals surface area contributed by atoms with Crippen molar-refractivity contribution in [3.8, 4) is 0 Å². The first-order valence-corrected chi connectivity index (χ1v) is 5.03. The number of aryl methyl sites for hydroxylation is 1. The van der Waals surface area contributed by atoms with Crippen LogP contribution in [-0.2, 0) is 7.05 Å². The summed E-state index contributed by atoms with van der Waals surface area (Å²) >= 11 is 0.927. The quantitative estimate of drug-likeness (QED) is 0.858. The van der Waals surface area contributed by atoms with Crippen molar-refractivity contribution >= 4 is 17.6 Å². The van der Waals surface area contributed by atoms with Crippen molar-refractivity contribution in [2.75, 3.05) is 5.73 Å². The summed E-state index contributed by atoms with van der Waals surface area (Å²) in [4.78, 5) is 7.48. The Balaban J connectivity index is 2.35. The first kappa shape index (κ1) is 10.8. The van der Waals surface area contributed by atoms with E-state index in [2.05, 4.69) is 15.1 Å². The van der Waals surface area contributed by atoms with Gasteiger partial charge < -0.3 is 5.73 Å². The lowest BCUT2D eigenvalue weighted by molar-refractivity contribution is 0.551. The largest absolute Gasteiger partial charge is 0.381 e. The number of nitrogens with two attached hydrogens (primary N) is 1. The first-order valence-electron chi connectivity index (χ1n) is 4.21. The molecule has 2 aromatic rings. The zero-order chi connectivity index (χ0) is 11.7. The predicted octanol–water partition coefficient (Wildman–Crippen LogP) is 1.22. The number of halogens is 2. The van der Waals surface area contributed by atoms with Crippen LogP contribution in [0.3, 0.4) is 0 Å². The summed E-state index contributed by atoms with van der Waals surface area (Å²) < 4.78 is 27.6. The highest BCUT2D eigenvalue weighted by Crippen LogP contribution is 2.27. The minimum Gasteiger partial charge on any atom is -0.381 e. The van der Waals surface area contributed by atoms with E-state index in [0.717, 1.165) is 11.8 Å². The summed E-state index contributed by atoms with van der Waals surface area (Å²) in [6.45, 7) is 0. The number of hydrogen-bond acceptors (Lipinski definition) is 5. The van der Waals surface area contributed by atoms with Gasteiger partial charge in [-0.3, -0.25) is 0 Å². The molecule has 0 spiro atoms. The maximum absolute atomic E-state index is 13.3. The summed E-state index contributed by atoms with van der Waals surface area (Å²) in [6, 6.07) is 0.695. The normalized spacial score (nSPS) is 10.7. The predicted molar refractivity (Wildman–Crippen MR) is 53.7 cm³/mol. The number of nitrogens with zero attached hydrogens (tertiary/aromatic N) is 4. The van der Waals surface area contributed by atoms with Crippen LogP contribution in [0.4, 0.5) is 14.6 Å². The molecule has 8 heteroatoms. The molecule has 0 fully saturated rings. The molecule has 16 heavy (non-hydrogen) atoms. The molecule has 2 rings (SSSR count). The van der Waals surface area contributed by atoms with Gasteiger partial charge in [0.1, 0.15) is 11.4 Å². The van der Waals surface area contributed by atoms with Crippen molar-refractivity contribution in [3.05, 3.63) is 24.0 Å². The second kappa shape index (κ2) is 4.05. The molecule has 0 aliphatic carbocycles. The summed E-state index contributed by atoms with van der Waals surface area (Å²) in [5.74, 6) is -1.99. The first-order chi connectivity index (χ1) is 7.58. The van der Waals surface area contributed by atoms with Crippen molar-refractivity contribution in [2.45, 2.75) is 10.2 Å². The van der Waals surface area contributed by atoms with Crippen molar-refractivity contribution in [3.63, 3.8) is 0 Å². The van der Waals surface area contributed by atoms with Gasteiger partial charge in [-0.15, -0.1) is 0 Å². The molecule has 2 aromatic heterocycles. The van der Waals surface area contributed by atoms with Gasteiger partial charge in [-0.25, -0.2) is 23.4 Å². The third-order valence-corrected chi connectivity index (χ3v) is 2.81.